The predicted molar refractivity (Wildman–Crippen MR) is 161 cm³/mol. The molecule has 1 aliphatic heterocycles. The fraction of sp³-hybridized carbons (Fsp3) is 0.0256. The van der Waals surface area contributed by atoms with E-state index in [1.54, 1.807) is 0 Å². The van der Waals surface area contributed by atoms with Gasteiger partial charge >= 0.3 is 0 Å². The summed E-state index contributed by atoms with van der Waals surface area (Å²) in [6.07, 6.45) is 9.93. The summed E-state index contributed by atoms with van der Waals surface area (Å²) in [5.41, 5.74) is 1.92. The third-order valence-corrected chi connectivity index (χ3v) is 3.88. The summed E-state index contributed by atoms with van der Waals surface area (Å²) in [5, 5.41) is 0. The molecule has 0 fully saturated rings. The molecule has 174 valence electrons. The van der Waals surface area contributed by atoms with Crippen LogP contribution < -0.4 is 9.80 Å². The maximum atomic E-state index is 4.97. The van der Waals surface area contributed by atoms with E-state index in [0.29, 0.717) is 6.67 Å². The van der Waals surface area contributed by atoms with Gasteiger partial charge < -0.3 is 0 Å². The van der Waals surface area contributed by atoms with Crippen LogP contribution in [0, 0.1) is 191 Å². The van der Waals surface area contributed by atoms with E-state index in [4.69, 9.17) is 12.8 Å². The number of para-hydroxylation sites is 2. The van der Waals surface area contributed by atoms with Crippen molar-refractivity contribution in [3.8, 4) is 191 Å². The summed E-state index contributed by atoms with van der Waals surface area (Å²) in [6.45, 7) is 0.503. The molecule has 0 spiro atoms. The molecule has 1 aromatic carbocycles. The predicted octanol–water partition coefficient (Wildman–Crippen LogP) is 0.210. The molecule has 0 saturated carbocycles. The number of nitrogens with zero attached hydrogens (tertiary/aromatic N) is 1. The van der Waals surface area contributed by atoms with Crippen molar-refractivity contribution in [2.75, 3.05) is 11.6 Å². The van der Waals surface area contributed by atoms with Crippen LogP contribution in [0.1, 0.15) is 0 Å². The van der Waals surface area contributed by atoms with Gasteiger partial charge in [0.25, 0.3) is 0 Å². The number of benzene rings is 1. The summed E-state index contributed by atoms with van der Waals surface area (Å²) >= 11 is 0. The Morgan fingerprint density at radius 2 is 0.829 bits per heavy atom. The fourth-order valence-electron chi connectivity index (χ4n) is 2.46. The van der Waals surface area contributed by atoms with Crippen LogP contribution >= 0.6 is 0 Å². The summed E-state index contributed by atoms with van der Waals surface area (Å²) in [7, 11) is 0. The van der Waals surface area contributed by atoms with Gasteiger partial charge in [0.2, 0.25) is 0 Å². The summed E-state index contributed by atoms with van der Waals surface area (Å²) < 4.78 is 0. The lowest BCUT2D eigenvalue weighted by Gasteiger charge is -2.04. The number of anilines is 1. The van der Waals surface area contributed by atoms with E-state index in [2.05, 4.69) is 178 Å². The number of quaternary nitrogens is 1. The van der Waals surface area contributed by atoms with E-state index in [1.165, 1.54) is 0 Å². The zero-order chi connectivity index (χ0) is 29.1. The van der Waals surface area contributed by atoms with Crippen LogP contribution in [-0.4, -0.2) is 6.67 Å². The molecule has 1 aliphatic rings. The first-order valence-electron chi connectivity index (χ1n) is 11.0. The van der Waals surface area contributed by atoms with Gasteiger partial charge in [0, 0.05) is 89.1 Å². The molecule has 1 aromatic rings. The van der Waals surface area contributed by atoms with Crippen molar-refractivity contribution >= 4 is 11.4 Å². The Morgan fingerprint density at radius 1 is 0.463 bits per heavy atom. The van der Waals surface area contributed by atoms with Crippen LogP contribution in [-0.2, 0) is 0 Å². The normalized spacial score (nSPS) is 8.73. The number of fused-ring (bicyclic) bond motifs is 1. The lowest BCUT2D eigenvalue weighted by Crippen LogP contribution is -3.02. The number of nitrogens with one attached hydrogen (secondary N) is 1. The Bertz CT molecular complexity index is 2070. The molecule has 0 saturated heterocycles. The highest BCUT2D eigenvalue weighted by atomic mass is 15.4. The molecule has 2 nitrogen and oxygen atoms in total. The van der Waals surface area contributed by atoms with Crippen LogP contribution in [0.15, 0.2) is 24.3 Å². The topological polar surface area (TPSA) is 7.68 Å². The zero-order valence-electron chi connectivity index (χ0n) is 21.1. The Balaban J connectivity index is 1.96. The Hall–Kier alpha value is -8.06. The molecule has 1 N–H and O–H groups in total. The van der Waals surface area contributed by atoms with E-state index in [1.807, 2.05) is 29.2 Å². The molecule has 1 heterocycles. The molecule has 0 aromatic heterocycles. The van der Waals surface area contributed by atoms with E-state index < -0.39 is 0 Å². The SMILES string of the molecule is C#CC#CC#CC#CC#CC#CC#CC#CN1C[NH+](C#CC#CC#CC#CC#CC#CC#CC#C)c2ccccc21. The second-order valence-corrected chi connectivity index (χ2v) is 6.36. The first-order valence-corrected chi connectivity index (χ1v) is 11.0. The van der Waals surface area contributed by atoms with E-state index in [9.17, 15) is 0 Å². The highest BCUT2D eigenvalue weighted by Gasteiger charge is 2.28. The van der Waals surface area contributed by atoms with Crippen molar-refractivity contribution in [2.24, 2.45) is 0 Å². The van der Waals surface area contributed by atoms with E-state index in [0.717, 1.165) is 16.3 Å². The standard InChI is InChI=1S/C39H8N2/c1-3-5-7-9-11-13-15-17-19-21-23-25-27-31-35-40-37-41(39-34-30-29-33-38(39)40)36-32-28-26-24-22-20-18-16-14-12-10-8-6-4-2/h1-2,29-30,33-34H,37H2/p+1. The fourth-order valence-corrected chi connectivity index (χ4v) is 2.46. The minimum atomic E-state index is 0.503. The van der Waals surface area contributed by atoms with E-state index in [-0.39, 0.29) is 0 Å². The van der Waals surface area contributed by atoms with Crippen LogP contribution in [0.3, 0.4) is 0 Å². The molecule has 0 aliphatic carbocycles. The Morgan fingerprint density at radius 3 is 1.27 bits per heavy atom. The first-order chi connectivity index (χ1) is 20.4. The second kappa shape index (κ2) is 20.2. The largest absolute Gasteiger partial charge is 0.244 e. The molecular formula is C39H9N2+. The van der Waals surface area contributed by atoms with Crippen molar-refractivity contribution in [2.45, 2.75) is 0 Å². The average molecular weight is 506 g/mol. The minimum Gasteiger partial charge on any atom is -0.244 e. The van der Waals surface area contributed by atoms with Gasteiger partial charge in [0.15, 0.2) is 18.4 Å². The maximum Gasteiger partial charge on any atom is 0.181 e. The van der Waals surface area contributed by atoms with Gasteiger partial charge in [-0.1, -0.05) is 12.1 Å². The van der Waals surface area contributed by atoms with Gasteiger partial charge in [-0.3, -0.25) is 0 Å². The first kappa shape index (κ1) is 29.2. The number of terminal acetylenes is 2. The molecule has 0 bridgehead atoms. The van der Waals surface area contributed by atoms with E-state index >= 15 is 0 Å². The molecule has 0 amide bonds. The summed E-state index contributed by atoms with van der Waals surface area (Å²) in [5.74, 6) is 70.5. The third kappa shape index (κ3) is 13.0. The van der Waals surface area contributed by atoms with Crippen LogP contribution in [0.4, 0.5) is 11.4 Å². The number of hydrogen-bond donors (Lipinski definition) is 1. The highest BCUT2D eigenvalue weighted by Crippen LogP contribution is 2.24. The number of rotatable bonds is 0. The van der Waals surface area contributed by atoms with Crippen molar-refractivity contribution < 1.29 is 4.90 Å². The highest BCUT2D eigenvalue weighted by molar-refractivity contribution is 5.68. The molecular weight excluding hydrogens is 496 g/mol. The van der Waals surface area contributed by atoms with Crippen molar-refractivity contribution in [3.63, 3.8) is 0 Å². The monoisotopic (exact) mass is 505 g/mol. The third-order valence-electron chi connectivity index (χ3n) is 3.88. The molecule has 41 heavy (non-hydrogen) atoms. The van der Waals surface area contributed by atoms with Gasteiger partial charge in [-0.25, -0.2) is 9.80 Å². The zero-order valence-corrected chi connectivity index (χ0v) is 21.1. The molecule has 2 rings (SSSR count). The smallest absolute Gasteiger partial charge is 0.181 e. The Labute approximate surface area is 242 Å². The lowest BCUT2D eigenvalue weighted by atomic mass is 10.2. The van der Waals surface area contributed by atoms with Crippen LogP contribution in [0.5, 0.6) is 0 Å². The lowest BCUT2D eigenvalue weighted by molar-refractivity contribution is -0.748. The van der Waals surface area contributed by atoms with Crippen molar-refractivity contribution in [3.05, 3.63) is 24.3 Å². The van der Waals surface area contributed by atoms with Gasteiger partial charge in [0.05, 0.1) is 5.92 Å². The quantitative estimate of drug-likeness (QED) is 0.496. The van der Waals surface area contributed by atoms with Crippen LogP contribution in [0.25, 0.3) is 0 Å². The van der Waals surface area contributed by atoms with Gasteiger partial charge in [0.1, 0.15) is 5.69 Å². The summed E-state index contributed by atoms with van der Waals surface area (Å²) in [6, 6.07) is 13.9. The van der Waals surface area contributed by atoms with Crippen molar-refractivity contribution in [1.29, 1.82) is 0 Å². The van der Waals surface area contributed by atoms with Gasteiger partial charge in [-0.05, 0) is 89.0 Å². The average Bonchev–Trinajstić information content (AvgIpc) is 3.35. The summed E-state index contributed by atoms with van der Waals surface area (Å²) in [4.78, 5) is 2.75. The van der Waals surface area contributed by atoms with Crippen molar-refractivity contribution in [1.82, 2.24) is 0 Å². The molecule has 0 radical (unpaired) electrons. The molecule has 1 unspecified atom stereocenters. The minimum absolute atomic E-state index is 0.503. The van der Waals surface area contributed by atoms with Gasteiger partial charge in [-0.2, -0.15) is 0 Å². The Kier molecular flexibility index (Phi) is 14.3. The van der Waals surface area contributed by atoms with Gasteiger partial charge in [-0.15, -0.1) is 12.8 Å². The number of hydrogen-bond acceptors (Lipinski definition) is 1. The maximum absolute atomic E-state index is 4.97. The molecule has 1 atom stereocenters. The van der Waals surface area contributed by atoms with Crippen LogP contribution in [0.2, 0.25) is 0 Å². The molecule has 2 heteroatoms. The second-order valence-electron chi connectivity index (χ2n) is 6.36.